The first-order valence-electron chi connectivity index (χ1n) is 10.6. The molecule has 2 fully saturated rings. The lowest BCUT2D eigenvalue weighted by Gasteiger charge is -2.32. The van der Waals surface area contributed by atoms with Gasteiger partial charge in [-0.05, 0) is 61.1 Å². The summed E-state index contributed by atoms with van der Waals surface area (Å²) in [6, 6.07) is 17.2. The molecule has 5 rings (SSSR count). The van der Waals surface area contributed by atoms with Crippen molar-refractivity contribution in [3.8, 4) is 0 Å². The predicted molar refractivity (Wildman–Crippen MR) is 116 cm³/mol. The third-order valence-corrected chi connectivity index (χ3v) is 7.04. The number of para-hydroxylation sites is 1. The van der Waals surface area contributed by atoms with Crippen molar-refractivity contribution in [2.45, 2.75) is 32.1 Å². The summed E-state index contributed by atoms with van der Waals surface area (Å²) in [5.41, 5.74) is 3.08. The van der Waals surface area contributed by atoms with Gasteiger partial charge in [-0.25, -0.2) is 0 Å². The molecule has 0 radical (unpaired) electrons. The van der Waals surface area contributed by atoms with Gasteiger partial charge < -0.3 is 4.74 Å². The number of nitrogens with zero attached hydrogens (tertiary/aromatic N) is 1. The van der Waals surface area contributed by atoms with Crippen LogP contribution in [-0.4, -0.2) is 18.4 Å². The number of carbonyl (C=O) groups is 2. The first kappa shape index (κ1) is 19.4. The van der Waals surface area contributed by atoms with Crippen molar-refractivity contribution in [3.05, 3.63) is 76.5 Å². The van der Waals surface area contributed by atoms with Gasteiger partial charge in [0.1, 0.15) is 0 Å². The first-order chi connectivity index (χ1) is 14.6. The van der Waals surface area contributed by atoms with Crippen LogP contribution in [0.3, 0.4) is 0 Å². The Morgan fingerprint density at radius 1 is 0.967 bits per heavy atom. The van der Waals surface area contributed by atoms with Gasteiger partial charge in [-0.15, -0.1) is 0 Å². The van der Waals surface area contributed by atoms with Gasteiger partial charge in [0.15, 0.2) is 0 Å². The van der Waals surface area contributed by atoms with Gasteiger partial charge in [0.05, 0.1) is 29.9 Å². The van der Waals surface area contributed by atoms with Crippen LogP contribution in [0.4, 0.5) is 5.69 Å². The number of carbonyl (C=O) groups excluding carboxylic acids is 2. The molecule has 0 aromatic heterocycles. The number of anilines is 1. The molecule has 0 spiro atoms. The fraction of sp³-hybridized carbons (Fsp3) is 0.360. The molecule has 5 heteroatoms. The van der Waals surface area contributed by atoms with Gasteiger partial charge in [-0.1, -0.05) is 41.9 Å². The number of fused-ring (bicyclic) bond motifs is 3. The van der Waals surface area contributed by atoms with Gasteiger partial charge in [-0.3, -0.25) is 14.5 Å². The smallest absolute Gasteiger partial charge is 0.238 e. The first-order valence-corrected chi connectivity index (χ1v) is 11.0. The van der Waals surface area contributed by atoms with Crippen molar-refractivity contribution >= 4 is 29.1 Å². The molecule has 2 amide bonds. The number of imide groups is 1. The fourth-order valence-electron chi connectivity index (χ4n) is 5.61. The lowest BCUT2D eigenvalue weighted by molar-refractivity contribution is -0.122. The Morgan fingerprint density at radius 3 is 2.40 bits per heavy atom. The Kier molecular flexibility index (Phi) is 4.90. The average molecular weight is 422 g/mol. The third-order valence-electron chi connectivity index (χ3n) is 6.78. The van der Waals surface area contributed by atoms with Crippen LogP contribution in [0.2, 0.25) is 5.02 Å². The second-order valence-corrected chi connectivity index (χ2v) is 8.72. The van der Waals surface area contributed by atoms with Gasteiger partial charge in [0.25, 0.3) is 0 Å². The quantitative estimate of drug-likeness (QED) is 0.626. The van der Waals surface area contributed by atoms with Crippen molar-refractivity contribution in [1.29, 1.82) is 0 Å². The summed E-state index contributed by atoms with van der Waals surface area (Å²) in [7, 11) is 0. The van der Waals surface area contributed by atoms with Crippen molar-refractivity contribution in [2.24, 2.45) is 17.8 Å². The number of hydrogen-bond donors (Lipinski definition) is 0. The van der Waals surface area contributed by atoms with Crippen molar-refractivity contribution < 1.29 is 14.3 Å². The molecule has 0 bridgehead atoms. The van der Waals surface area contributed by atoms with Crippen molar-refractivity contribution in [1.82, 2.24) is 0 Å². The molecule has 4 unspecified atom stereocenters. The van der Waals surface area contributed by atoms with Crippen LogP contribution < -0.4 is 4.90 Å². The zero-order valence-electron chi connectivity index (χ0n) is 16.9. The zero-order valence-corrected chi connectivity index (χ0v) is 17.6. The van der Waals surface area contributed by atoms with Gasteiger partial charge in [-0.2, -0.15) is 0 Å². The highest BCUT2D eigenvalue weighted by molar-refractivity contribution is 6.30. The Balaban J connectivity index is 1.54. The summed E-state index contributed by atoms with van der Waals surface area (Å²) in [6.45, 7) is 2.53. The summed E-state index contributed by atoms with van der Waals surface area (Å²) in [4.78, 5) is 28.2. The topological polar surface area (TPSA) is 46.6 Å². The van der Waals surface area contributed by atoms with Gasteiger partial charge in [0.2, 0.25) is 11.8 Å². The van der Waals surface area contributed by atoms with E-state index in [1.807, 2.05) is 49.4 Å². The average Bonchev–Trinajstić information content (AvgIpc) is 3.29. The summed E-state index contributed by atoms with van der Waals surface area (Å²) in [5, 5.41) is 0.714. The zero-order chi connectivity index (χ0) is 20.8. The minimum atomic E-state index is -0.336. The van der Waals surface area contributed by atoms with Crippen LogP contribution in [-0.2, 0) is 14.3 Å². The Hall–Kier alpha value is -2.59. The molecule has 4 atom stereocenters. The van der Waals surface area contributed by atoms with Crippen LogP contribution in [0.5, 0.6) is 0 Å². The highest BCUT2D eigenvalue weighted by atomic mass is 35.5. The lowest BCUT2D eigenvalue weighted by atomic mass is 9.71. The molecule has 1 saturated carbocycles. The molecule has 0 N–H and O–H groups in total. The van der Waals surface area contributed by atoms with E-state index in [0.29, 0.717) is 23.7 Å². The van der Waals surface area contributed by atoms with Crippen molar-refractivity contribution in [2.75, 3.05) is 11.5 Å². The summed E-state index contributed by atoms with van der Waals surface area (Å²) >= 11 is 6.09. The standard InChI is InChI=1S/C25H24ClNO3/c1-2-30-21-14-20-23(25(29)27(24(20)28)17-6-4-3-5-7-17)19-13-12-18(22(19)21)15-8-10-16(26)11-9-15/h3-11,18-20,23H,2,12-14H2,1H3. The van der Waals surface area contributed by atoms with E-state index in [4.69, 9.17) is 16.3 Å². The highest BCUT2D eigenvalue weighted by Crippen LogP contribution is 2.56. The summed E-state index contributed by atoms with van der Waals surface area (Å²) < 4.78 is 6.08. The molecule has 4 nitrogen and oxygen atoms in total. The molecule has 154 valence electrons. The van der Waals surface area contributed by atoms with Crippen LogP contribution in [0.25, 0.3) is 0 Å². The van der Waals surface area contributed by atoms with E-state index in [-0.39, 0.29) is 35.5 Å². The molecule has 1 saturated heterocycles. The molecular formula is C25H24ClNO3. The maximum atomic E-state index is 13.5. The molecule has 2 aliphatic carbocycles. The van der Waals surface area contributed by atoms with Crippen molar-refractivity contribution in [3.63, 3.8) is 0 Å². The van der Waals surface area contributed by atoms with Crippen LogP contribution in [0, 0.1) is 17.8 Å². The van der Waals surface area contributed by atoms with E-state index in [9.17, 15) is 9.59 Å². The maximum absolute atomic E-state index is 13.5. The van der Waals surface area contributed by atoms with Crippen LogP contribution in [0.15, 0.2) is 65.9 Å². The molecule has 2 aromatic rings. The Labute approximate surface area is 181 Å². The predicted octanol–water partition coefficient (Wildman–Crippen LogP) is 5.33. The van der Waals surface area contributed by atoms with E-state index in [1.165, 1.54) is 16.0 Å². The third kappa shape index (κ3) is 2.97. The molecule has 30 heavy (non-hydrogen) atoms. The van der Waals surface area contributed by atoms with Gasteiger partial charge in [0, 0.05) is 17.4 Å². The normalized spacial score (nSPS) is 28.0. The number of hydrogen-bond acceptors (Lipinski definition) is 3. The number of rotatable bonds is 4. The largest absolute Gasteiger partial charge is 0.498 e. The summed E-state index contributed by atoms with van der Waals surface area (Å²) in [6.07, 6.45) is 2.35. The summed E-state index contributed by atoms with van der Waals surface area (Å²) in [5.74, 6) is 0.386. The second kappa shape index (κ2) is 7.59. The fourth-order valence-corrected chi connectivity index (χ4v) is 5.74. The minimum Gasteiger partial charge on any atom is -0.498 e. The van der Waals surface area contributed by atoms with E-state index >= 15 is 0 Å². The molecule has 1 heterocycles. The minimum absolute atomic E-state index is 0.0520. The molecule has 2 aromatic carbocycles. The highest BCUT2D eigenvalue weighted by Gasteiger charge is 2.57. The van der Waals surface area contributed by atoms with Crippen LogP contribution in [0.1, 0.15) is 37.7 Å². The SMILES string of the molecule is CCOC1=C2C(c3ccc(Cl)cc3)CCC2C2C(=O)N(c3ccccc3)C(=O)C2C1. The lowest BCUT2D eigenvalue weighted by Crippen LogP contribution is -2.33. The second-order valence-electron chi connectivity index (χ2n) is 8.28. The number of allylic oxidation sites excluding steroid dienone is 2. The number of benzene rings is 2. The number of halogens is 1. The van der Waals surface area contributed by atoms with Gasteiger partial charge >= 0.3 is 0 Å². The number of amides is 2. The van der Waals surface area contributed by atoms with E-state index in [0.717, 1.165) is 18.6 Å². The molecule has 1 aliphatic heterocycles. The Bertz CT molecular complexity index is 1010. The monoisotopic (exact) mass is 421 g/mol. The number of ether oxygens (including phenoxy) is 1. The van der Waals surface area contributed by atoms with E-state index in [1.54, 1.807) is 0 Å². The molecular weight excluding hydrogens is 398 g/mol. The Morgan fingerprint density at radius 2 is 1.70 bits per heavy atom. The molecule has 3 aliphatic rings. The van der Waals surface area contributed by atoms with Crippen LogP contribution >= 0.6 is 11.6 Å². The van der Waals surface area contributed by atoms with E-state index < -0.39 is 0 Å². The van der Waals surface area contributed by atoms with E-state index in [2.05, 4.69) is 12.1 Å². The maximum Gasteiger partial charge on any atom is 0.238 e.